The van der Waals surface area contributed by atoms with Gasteiger partial charge in [-0.15, -0.1) is 0 Å². The molecule has 2 heteroatoms. The monoisotopic (exact) mass is 234 g/mol. The summed E-state index contributed by atoms with van der Waals surface area (Å²) in [6, 6.07) is 4.23. The van der Waals surface area contributed by atoms with Crippen LogP contribution < -0.4 is 5.73 Å². The summed E-state index contributed by atoms with van der Waals surface area (Å²) < 4.78 is 0. The summed E-state index contributed by atoms with van der Waals surface area (Å²) >= 11 is 0. The van der Waals surface area contributed by atoms with E-state index in [0.717, 1.165) is 12.1 Å². The Labute approximate surface area is 106 Å². The van der Waals surface area contributed by atoms with Crippen molar-refractivity contribution in [3.63, 3.8) is 0 Å². The summed E-state index contributed by atoms with van der Waals surface area (Å²) in [5, 5.41) is 0. The van der Waals surface area contributed by atoms with Gasteiger partial charge in [-0.2, -0.15) is 0 Å². The summed E-state index contributed by atoms with van der Waals surface area (Å²) in [5.74, 6) is 0. The van der Waals surface area contributed by atoms with Crippen molar-refractivity contribution in [2.45, 2.75) is 64.8 Å². The number of aryl methyl sites for hydroxylation is 1. The molecule has 1 aromatic rings. The quantitative estimate of drug-likeness (QED) is 0.686. The minimum atomic E-state index is 0.112. The van der Waals surface area contributed by atoms with Crippen LogP contribution in [0.2, 0.25) is 0 Å². The van der Waals surface area contributed by atoms with Gasteiger partial charge in [-0.25, -0.2) is 0 Å². The zero-order valence-electron chi connectivity index (χ0n) is 11.3. The van der Waals surface area contributed by atoms with E-state index in [2.05, 4.69) is 24.9 Å². The molecule has 0 saturated heterocycles. The van der Waals surface area contributed by atoms with Gasteiger partial charge in [-0.3, -0.25) is 4.98 Å². The third-order valence-corrected chi connectivity index (χ3v) is 3.19. The maximum atomic E-state index is 6.14. The summed E-state index contributed by atoms with van der Waals surface area (Å²) in [6.45, 7) is 4.34. The van der Waals surface area contributed by atoms with Crippen LogP contribution in [0.15, 0.2) is 18.3 Å². The second-order valence-electron chi connectivity index (χ2n) is 4.92. The van der Waals surface area contributed by atoms with Gasteiger partial charge in [0.2, 0.25) is 0 Å². The van der Waals surface area contributed by atoms with E-state index in [4.69, 9.17) is 5.73 Å². The van der Waals surface area contributed by atoms with Gasteiger partial charge in [-0.1, -0.05) is 45.4 Å². The molecule has 0 aromatic carbocycles. The van der Waals surface area contributed by atoms with Crippen molar-refractivity contribution in [1.29, 1.82) is 0 Å². The summed E-state index contributed by atoms with van der Waals surface area (Å²) in [7, 11) is 0. The van der Waals surface area contributed by atoms with E-state index in [1.54, 1.807) is 0 Å². The molecule has 2 N–H and O–H groups in total. The SMILES string of the molecule is CCCCCCCCC(N)c1cc(C)ccn1. The average Bonchev–Trinajstić information content (AvgIpc) is 2.33. The molecule has 1 atom stereocenters. The first-order valence-electron chi connectivity index (χ1n) is 6.92. The normalized spacial score (nSPS) is 12.6. The predicted octanol–water partition coefficient (Wildman–Crippen LogP) is 4.14. The predicted molar refractivity (Wildman–Crippen MR) is 73.9 cm³/mol. The first kappa shape index (κ1) is 14.2. The number of rotatable bonds is 8. The highest BCUT2D eigenvalue weighted by Gasteiger charge is 2.06. The smallest absolute Gasteiger partial charge is 0.0573 e. The molecule has 0 fully saturated rings. The number of nitrogens with two attached hydrogens (primary N) is 1. The average molecular weight is 234 g/mol. The Morgan fingerprint density at radius 2 is 1.88 bits per heavy atom. The standard InChI is InChI=1S/C15H26N2/c1-3-4-5-6-7-8-9-14(16)15-12-13(2)10-11-17-15/h10-12,14H,3-9,16H2,1-2H3. The molecule has 1 aromatic heterocycles. The van der Waals surface area contributed by atoms with Crippen molar-refractivity contribution in [3.05, 3.63) is 29.6 Å². The Balaban J connectivity index is 2.19. The molecular weight excluding hydrogens is 208 g/mol. The number of hydrogen-bond donors (Lipinski definition) is 1. The van der Waals surface area contributed by atoms with Gasteiger partial charge in [0.05, 0.1) is 5.69 Å². The minimum absolute atomic E-state index is 0.112. The van der Waals surface area contributed by atoms with E-state index in [1.807, 2.05) is 12.3 Å². The molecule has 0 aliphatic carbocycles. The van der Waals surface area contributed by atoms with Crippen LogP contribution in [-0.4, -0.2) is 4.98 Å². The molecule has 0 bridgehead atoms. The van der Waals surface area contributed by atoms with Gasteiger partial charge in [-0.05, 0) is 31.0 Å². The summed E-state index contributed by atoms with van der Waals surface area (Å²) in [5.41, 5.74) is 8.43. The Morgan fingerprint density at radius 3 is 2.59 bits per heavy atom. The molecule has 1 rings (SSSR count). The van der Waals surface area contributed by atoms with Gasteiger partial charge < -0.3 is 5.73 Å². The van der Waals surface area contributed by atoms with Crippen LogP contribution in [0, 0.1) is 6.92 Å². The molecule has 0 radical (unpaired) electrons. The Kier molecular flexibility index (Phi) is 6.87. The fourth-order valence-electron chi connectivity index (χ4n) is 2.05. The highest BCUT2D eigenvalue weighted by atomic mass is 14.8. The Hall–Kier alpha value is -0.890. The van der Waals surface area contributed by atoms with Crippen molar-refractivity contribution in [1.82, 2.24) is 4.98 Å². The van der Waals surface area contributed by atoms with Crippen LogP contribution in [0.25, 0.3) is 0 Å². The van der Waals surface area contributed by atoms with Crippen LogP contribution in [0.4, 0.5) is 0 Å². The van der Waals surface area contributed by atoms with Crippen LogP contribution in [0.5, 0.6) is 0 Å². The first-order chi connectivity index (χ1) is 8.24. The van der Waals surface area contributed by atoms with E-state index < -0.39 is 0 Å². The number of aromatic nitrogens is 1. The van der Waals surface area contributed by atoms with E-state index in [-0.39, 0.29) is 6.04 Å². The first-order valence-corrected chi connectivity index (χ1v) is 6.92. The van der Waals surface area contributed by atoms with Gasteiger partial charge in [0.1, 0.15) is 0 Å². The van der Waals surface area contributed by atoms with Gasteiger partial charge >= 0.3 is 0 Å². The fourth-order valence-corrected chi connectivity index (χ4v) is 2.05. The Morgan fingerprint density at radius 1 is 1.18 bits per heavy atom. The molecule has 0 spiro atoms. The highest BCUT2D eigenvalue weighted by Crippen LogP contribution is 2.17. The van der Waals surface area contributed by atoms with Crippen LogP contribution in [-0.2, 0) is 0 Å². The van der Waals surface area contributed by atoms with Gasteiger partial charge in [0.25, 0.3) is 0 Å². The Bertz CT molecular complexity index is 310. The zero-order chi connectivity index (χ0) is 12.5. The lowest BCUT2D eigenvalue weighted by Gasteiger charge is -2.11. The van der Waals surface area contributed by atoms with Crippen molar-refractivity contribution < 1.29 is 0 Å². The number of hydrogen-bond acceptors (Lipinski definition) is 2. The van der Waals surface area contributed by atoms with Crippen molar-refractivity contribution in [2.75, 3.05) is 0 Å². The second-order valence-corrected chi connectivity index (χ2v) is 4.92. The molecule has 1 heterocycles. The lowest BCUT2D eigenvalue weighted by Crippen LogP contribution is -2.11. The van der Waals surface area contributed by atoms with E-state index in [0.29, 0.717) is 0 Å². The largest absolute Gasteiger partial charge is 0.323 e. The lowest BCUT2D eigenvalue weighted by molar-refractivity contribution is 0.541. The minimum Gasteiger partial charge on any atom is -0.323 e. The molecule has 96 valence electrons. The molecule has 0 aliphatic heterocycles. The molecule has 1 unspecified atom stereocenters. The van der Waals surface area contributed by atoms with Gasteiger partial charge in [0.15, 0.2) is 0 Å². The van der Waals surface area contributed by atoms with E-state index >= 15 is 0 Å². The van der Waals surface area contributed by atoms with Crippen LogP contribution in [0.3, 0.4) is 0 Å². The summed E-state index contributed by atoms with van der Waals surface area (Å²) in [6.07, 6.45) is 10.8. The molecule has 0 aliphatic rings. The maximum absolute atomic E-state index is 6.14. The van der Waals surface area contributed by atoms with Crippen LogP contribution in [0.1, 0.15) is 69.2 Å². The highest BCUT2D eigenvalue weighted by molar-refractivity contribution is 5.16. The summed E-state index contributed by atoms with van der Waals surface area (Å²) in [4.78, 5) is 4.34. The topological polar surface area (TPSA) is 38.9 Å². The molecular formula is C15H26N2. The molecule has 0 amide bonds. The number of pyridine rings is 1. The fraction of sp³-hybridized carbons (Fsp3) is 0.667. The second kappa shape index (κ2) is 8.24. The maximum Gasteiger partial charge on any atom is 0.0573 e. The van der Waals surface area contributed by atoms with E-state index in [1.165, 1.54) is 44.1 Å². The van der Waals surface area contributed by atoms with Crippen molar-refractivity contribution in [2.24, 2.45) is 5.73 Å². The van der Waals surface area contributed by atoms with E-state index in [9.17, 15) is 0 Å². The molecule has 0 saturated carbocycles. The number of nitrogens with zero attached hydrogens (tertiary/aromatic N) is 1. The van der Waals surface area contributed by atoms with Gasteiger partial charge in [0, 0.05) is 12.2 Å². The third kappa shape index (κ3) is 5.83. The van der Waals surface area contributed by atoms with Crippen molar-refractivity contribution >= 4 is 0 Å². The van der Waals surface area contributed by atoms with Crippen LogP contribution >= 0.6 is 0 Å². The third-order valence-electron chi connectivity index (χ3n) is 3.19. The molecule has 17 heavy (non-hydrogen) atoms. The van der Waals surface area contributed by atoms with Crippen molar-refractivity contribution in [3.8, 4) is 0 Å². The lowest BCUT2D eigenvalue weighted by atomic mass is 10.0. The molecule has 2 nitrogen and oxygen atoms in total. The number of unbranched alkanes of at least 4 members (excludes halogenated alkanes) is 5. The zero-order valence-corrected chi connectivity index (χ0v) is 11.3.